The quantitative estimate of drug-likeness (QED) is 0.886. The van der Waals surface area contributed by atoms with Crippen molar-refractivity contribution >= 4 is 11.6 Å². The van der Waals surface area contributed by atoms with E-state index in [-0.39, 0.29) is 5.91 Å². The maximum absolute atomic E-state index is 12.2. The summed E-state index contributed by atoms with van der Waals surface area (Å²) in [6.45, 7) is 6.62. The lowest BCUT2D eigenvalue weighted by Gasteiger charge is -2.36. The van der Waals surface area contributed by atoms with E-state index in [4.69, 9.17) is 9.47 Å². The number of rotatable bonds is 5. The van der Waals surface area contributed by atoms with Crippen LogP contribution in [-0.2, 0) is 4.79 Å². The van der Waals surface area contributed by atoms with E-state index in [1.807, 2.05) is 32.0 Å². The van der Waals surface area contributed by atoms with Crippen LogP contribution in [0.1, 0.15) is 40.0 Å². The number of para-hydroxylation sites is 1. The van der Waals surface area contributed by atoms with Gasteiger partial charge in [0, 0.05) is 0 Å². The van der Waals surface area contributed by atoms with Crippen molar-refractivity contribution in [2.45, 2.75) is 45.6 Å². The number of hydrogen-bond acceptors (Lipinski definition) is 3. The van der Waals surface area contributed by atoms with E-state index in [1.54, 1.807) is 0 Å². The van der Waals surface area contributed by atoms with Gasteiger partial charge in [0.25, 0.3) is 5.91 Å². The SMILES string of the molecule is CCCOc1cccc2c1OC(CC)(CC)C(=O)N2. The second-order valence-corrected chi connectivity index (χ2v) is 4.74. The van der Waals surface area contributed by atoms with Gasteiger partial charge < -0.3 is 14.8 Å². The highest BCUT2D eigenvalue weighted by Crippen LogP contribution is 2.43. The monoisotopic (exact) mass is 263 g/mol. The minimum absolute atomic E-state index is 0.0716. The molecule has 0 spiro atoms. The van der Waals surface area contributed by atoms with Gasteiger partial charge in [0.15, 0.2) is 17.1 Å². The van der Waals surface area contributed by atoms with E-state index >= 15 is 0 Å². The molecule has 0 bridgehead atoms. The molecule has 0 aliphatic carbocycles. The standard InChI is InChI=1S/C15H21NO3/c1-4-10-18-12-9-7-8-11-13(12)19-15(5-2,6-3)14(17)16-11/h7-9H,4-6,10H2,1-3H3,(H,16,17). The Labute approximate surface area is 114 Å². The van der Waals surface area contributed by atoms with E-state index < -0.39 is 5.60 Å². The van der Waals surface area contributed by atoms with Crippen LogP contribution in [-0.4, -0.2) is 18.1 Å². The molecule has 0 saturated heterocycles. The first-order valence-electron chi connectivity index (χ1n) is 6.93. The van der Waals surface area contributed by atoms with Crippen LogP contribution < -0.4 is 14.8 Å². The second-order valence-electron chi connectivity index (χ2n) is 4.74. The van der Waals surface area contributed by atoms with Crippen LogP contribution in [0.4, 0.5) is 5.69 Å². The summed E-state index contributed by atoms with van der Waals surface area (Å²) in [6, 6.07) is 5.57. The normalized spacial score (nSPS) is 16.3. The summed E-state index contributed by atoms with van der Waals surface area (Å²) in [5.74, 6) is 1.28. The molecule has 1 amide bonds. The molecule has 19 heavy (non-hydrogen) atoms. The van der Waals surface area contributed by atoms with Crippen LogP contribution >= 0.6 is 0 Å². The molecule has 1 N–H and O–H groups in total. The molecule has 0 fully saturated rings. The minimum Gasteiger partial charge on any atom is -0.490 e. The highest BCUT2D eigenvalue weighted by Gasteiger charge is 2.42. The molecular weight excluding hydrogens is 242 g/mol. The van der Waals surface area contributed by atoms with Crippen LogP contribution in [0.25, 0.3) is 0 Å². The highest BCUT2D eigenvalue weighted by molar-refractivity contribution is 6.01. The molecule has 0 atom stereocenters. The molecule has 0 aromatic heterocycles. The maximum atomic E-state index is 12.2. The lowest BCUT2D eigenvalue weighted by molar-refractivity contribution is -0.133. The van der Waals surface area contributed by atoms with Crippen molar-refractivity contribution in [1.82, 2.24) is 0 Å². The summed E-state index contributed by atoms with van der Waals surface area (Å²) >= 11 is 0. The Bertz CT molecular complexity index is 466. The van der Waals surface area contributed by atoms with Gasteiger partial charge in [-0.1, -0.05) is 26.8 Å². The number of nitrogens with one attached hydrogen (secondary N) is 1. The fraction of sp³-hybridized carbons (Fsp3) is 0.533. The van der Waals surface area contributed by atoms with E-state index in [0.717, 1.165) is 6.42 Å². The average Bonchev–Trinajstić information content (AvgIpc) is 2.44. The zero-order chi connectivity index (χ0) is 13.9. The molecule has 1 aliphatic heterocycles. The van der Waals surface area contributed by atoms with Gasteiger partial charge in [-0.25, -0.2) is 0 Å². The fourth-order valence-electron chi connectivity index (χ4n) is 2.24. The first kappa shape index (κ1) is 13.7. The molecular formula is C15H21NO3. The summed E-state index contributed by atoms with van der Waals surface area (Å²) in [5.41, 5.74) is -0.0882. The molecule has 4 nitrogen and oxygen atoms in total. The number of fused-ring (bicyclic) bond motifs is 1. The van der Waals surface area contributed by atoms with Gasteiger partial charge in [-0.3, -0.25) is 4.79 Å². The molecule has 1 aromatic rings. The molecule has 0 radical (unpaired) electrons. The van der Waals surface area contributed by atoms with Crippen LogP contribution in [0.2, 0.25) is 0 Å². The molecule has 0 saturated carbocycles. The maximum Gasteiger partial charge on any atom is 0.268 e. The van der Waals surface area contributed by atoms with Gasteiger partial charge in [0.1, 0.15) is 0 Å². The Morgan fingerprint density at radius 3 is 2.63 bits per heavy atom. The predicted molar refractivity (Wildman–Crippen MR) is 74.8 cm³/mol. The number of carbonyl (C=O) groups is 1. The third-order valence-corrected chi connectivity index (χ3v) is 3.54. The molecule has 2 rings (SSSR count). The van der Waals surface area contributed by atoms with Gasteiger partial charge in [0.2, 0.25) is 0 Å². The number of hydrogen-bond donors (Lipinski definition) is 1. The predicted octanol–water partition coefficient (Wildman–Crippen LogP) is 3.37. The number of amides is 1. The largest absolute Gasteiger partial charge is 0.490 e. The Morgan fingerprint density at radius 2 is 2.00 bits per heavy atom. The first-order chi connectivity index (χ1) is 9.16. The first-order valence-corrected chi connectivity index (χ1v) is 6.93. The van der Waals surface area contributed by atoms with E-state index in [1.165, 1.54) is 0 Å². The van der Waals surface area contributed by atoms with Crippen LogP contribution in [0.3, 0.4) is 0 Å². The minimum atomic E-state index is -0.779. The van der Waals surface area contributed by atoms with E-state index in [2.05, 4.69) is 12.2 Å². The van der Waals surface area contributed by atoms with Crippen molar-refractivity contribution in [2.24, 2.45) is 0 Å². The van der Waals surface area contributed by atoms with Crippen molar-refractivity contribution < 1.29 is 14.3 Å². The van der Waals surface area contributed by atoms with E-state index in [0.29, 0.717) is 36.6 Å². The lowest BCUT2D eigenvalue weighted by Crippen LogP contribution is -2.50. The smallest absolute Gasteiger partial charge is 0.268 e. The third-order valence-electron chi connectivity index (χ3n) is 3.54. The van der Waals surface area contributed by atoms with Crippen LogP contribution in [0.15, 0.2) is 18.2 Å². The Balaban J connectivity index is 2.37. The molecule has 4 heteroatoms. The molecule has 1 heterocycles. The van der Waals surface area contributed by atoms with Gasteiger partial charge in [-0.15, -0.1) is 0 Å². The summed E-state index contributed by atoms with van der Waals surface area (Å²) in [5, 5.41) is 2.93. The second kappa shape index (κ2) is 5.51. The molecule has 1 aromatic carbocycles. The van der Waals surface area contributed by atoms with Crippen molar-refractivity contribution in [1.29, 1.82) is 0 Å². The zero-order valence-corrected chi connectivity index (χ0v) is 11.8. The third kappa shape index (κ3) is 2.39. The van der Waals surface area contributed by atoms with Gasteiger partial charge in [0.05, 0.1) is 12.3 Å². The van der Waals surface area contributed by atoms with Crippen molar-refractivity contribution in [3.05, 3.63) is 18.2 Å². The number of carbonyl (C=O) groups excluding carboxylic acids is 1. The van der Waals surface area contributed by atoms with Crippen molar-refractivity contribution in [3.8, 4) is 11.5 Å². The molecule has 104 valence electrons. The molecule has 1 aliphatic rings. The van der Waals surface area contributed by atoms with Gasteiger partial charge in [-0.2, -0.15) is 0 Å². The van der Waals surface area contributed by atoms with Gasteiger partial charge in [-0.05, 0) is 31.4 Å². The van der Waals surface area contributed by atoms with Gasteiger partial charge >= 0.3 is 0 Å². The topological polar surface area (TPSA) is 47.6 Å². The number of ether oxygens (including phenoxy) is 2. The lowest BCUT2D eigenvalue weighted by atomic mass is 9.94. The Kier molecular flexibility index (Phi) is 3.98. The van der Waals surface area contributed by atoms with Crippen LogP contribution in [0.5, 0.6) is 11.5 Å². The number of anilines is 1. The zero-order valence-electron chi connectivity index (χ0n) is 11.8. The van der Waals surface area contributed by atoms with Crippen molar-refractivity contribution in [2.75, 3.05) is 11.9 Å². The fourth-order valence-corrected chi connectivity index (χ4v) is 2.24. The summed E-state index contributed by atoms with van der Waals surface area (Å²) < 4.78 is 11.7. The van der Waals surface area contributed by atoms with E-state index in [9.17, 15) is 4.79 Å². The Morgan fingerprint density at radius 1 is 1.26 bits per heavy atom. The summed E-state index contributed by atoms with van der Waals surface area (Å²) in [6.07, 6.45) is 2.20. The molecule has 0 unspecified atom stereocenters. The number of benzene rings is 1. The average molecular weight is 263 g/mol. The van der Waals surface area contributed by atoms with Crippen molar-refractivity contribution in [3.63, 3.8) is 0 Å². The summed E-state index contributed by atoms with van der Waals surface area (Å²) in [7, 11) is 0. The van der Waals surface area contributed by atoms with Crippen LogP contribution in [0, 0.1) is 0 Å². The highest BCUT2D eigenvalue weighted by atomic mass is 16.5. The summed E-state index contributed by atoms with van der Waals surface area (Å²) in [4.78, 5) is 12.2. The Hall–Kier alpha value is -1.71.